The third kappa shape index (κ3) is 4.22. The molecule has 28 heavy (non-hydrogen) atoms. The molecule has 0 aliphatic carbocycles. The lowest BCUT2D eigenvalue weighted by Crippen LogP contribution is -2.50. The van der Waals surface area contributed by atoms with Crippen LogP contribution in [0.1, 0.15) is 10.4 Å². The van der Waals surface area contributed by atoms with Gasteiger partial charge in [-0.1, -0.05) is 0 Å². The SMILES string of the molecule is NS(=O)(=O)c1ccc(N2CCN(CC(=O)N3CCc4sccc4C3)CC2)cc1. The van der Waals surface area contributed by atoms with Crippen LogP contribution in [0.4, 0.5) is 5.69 Å². The largest absolute Gasteiger partial charge is 0.369 e. The van der Waals surface area contributed by atoms with Gasteiger partial charge in [0.25, 0.3) is 0 Å². The van der Waals surface area contributed by atoms with Gasteiger partial charge in [-0.15, -0.1) is 11.3 Å². The number of anilines is 1. The van der Waals surface area contributed by atoms with E-state index in [-0.39, 0.29) is 10.8 Å². The van der Waals surface area contributed by atoms with E-state index in [1.54, 1.807) is 23.5 Å². The highest BCUT2D eigenvalue weighted by atomic mass is 32.2. The second-order valence-corrected chi connectivity index (χ2v) is 9.80. The normalized spacial score (nSPS) is 18.2. The number of hydrogen-bond donors (Lipinski definition) is 1. The van der Waals surface area contributed by atoms with Gasteiger partial charge in [-0.2, -0.15) is 0 Å². The lowest BCUT2D eigenvalue weighted by atomic mass is 10.1. The number of carbonyl (C=O) groups is 1. The number of benzene rings is 1. The molecule has 0 radical (unpaired) electrons. The van der Waals surface area contributed by atoms with Crippen molar-refractivity contribution in [3.05, 3.63) is 46.2 Å². The van der Waals surface area contributed by atoms with Gasteiger partial charge in [-0.25, -0.2) is 13.6 Å². The predicted molar refractivity (Wildman–Crippen MR) is 110 cm³/mol. The Morgan fingerprint density at radius 1 is 1.04 bits per heavy atom. The second kappa shape index (κ2) is 7.82. The van der Waals surface area contributed by atoms with Crippen molar-refractivity contribution in [2.75, 3.05) is 44.2 Å². The van der Waals surface area contributed by atoms with Crippen molar-refractivity contribution in [1.82, 2.24) is 9.80 Å². The number of rotatable bonds is 4. The molecule has 1 fully saturated rings. The quantitative estimate of drug-likeness (QED) is 0.801. The fourth-order valence-corrected chi connectivity index (χ4v) is 5.17. The van der Waals surface area contributed by atoms with Crippen molar-refractivity contribution in [3.63, 3.8) is 0 Å². The summed E-state index contributed by atoms with van der Waals surface area (Å²) in [5, 5.41) is 7.25. The van der Waals surface area contributed by atoms with Gasteiger partial charge in [0.1, 0.15) is 0 Å². The van der Waals surface area contributed by atoms with E-state index < -0.39 is 10.0 Å². The molecule has 4 rings (SSSR count). The lowest BCUT2D eigenvalue weighted by Gasteiger charge is -2.37. The Hall–Kier alpha value is -1.94. The molecule has 1 aromatic heterocycles. The van der Waals surface area contributed by atoms with Crippen LogP contribution in [-0.4, -0.2) is 63.4 Å². The van der Waals surface area contributed by atoms with Crippen LogP contribution in [0.3, 0.4) is 0 Å². The first-order valence-corrected chi connectivity index (χ1v) is 11.8. The van der Waals surface area contributed by atoms with E-state index in [0.717, 1.165) is 51.4 Å². The number of piperazine rings is 1. The molecule has 7 nitrogen and oxygen atoms in total. The number of carbonyl (C=O) groups excluding carboxylic acids is 1. The Labute approximate surface area is 169 Å². The number of nitrogens with two attached hydrogens (primary N) is 1. The van der Waals surface area contributed by atoms with Gasteiger partial charge in [0.2, 0.25) is 15.9 Å². The third-order valence-corrected chi connectivity index (χ3v) is 7.37. The summed E-state index contributed by atoms with van der Waals surface area (Å²) in [5.41, 5.74) is 2.26. The van der Waals surface area contributed by atoms with E-state index in [9.17, 15) is 13.2 Å². The van der Waals surface area contributed by atoms with Crippen LogP contribution in [0.5, 0.6) is 0 Å². The van der Waals surface area contributed by atoms with Gasteiger partial charge in [-0.05, 0) is 47.7 Å². The van der Waals surface area contributed by atoms with E-state index >= 15 is 0 Å². The van der Waals surface area contributed by atoms with Crippen LogP contribution in [0.15, 0.2) is 40.6 Å². The molecule has 0 bridgehead atoms. The molecular formula is C19H24N4O3S2. The molecule has 2 N–H and O–H groups in total. The van der Waals surface area contributed by atoms with Gasteiger partial charge in [0.15, 0.2) is 0 Å². The summed E-state index contributed by atoms with van der Waals surface area (Å²) in [6, 6.07) is 8.77. The minimum Gasteiger partial charge on any atom is -0.369 e. The molecular weight excluding hydrogens is 396 g/mol. The van der Waals surface area contributed by atoms with E-state index in [1.807, 2.05) is 4.90 Å². The summed E-state index contributed by atoms with van der Waals surface area (Å²) in [6.07, 6.45) is 0.959. The predicted octanol–water partition coefficient (Wildman–Crippen LogP) is 1.10. The highest BCUT2D eigenvalue weighted by Crippen LogP contribution is 2.24. The maximum Gasteiger partial charge on any atom is 0.238 e. The zero-order valence-corrected chi connectivity index (χ0v) is 17.2. The summed E-state index contributed by atoms with van der Waals surface area (Å²) >= 11 is 1.78. The second-order valence-electron chi connectivity index (χ2n) is 7.24. The standard InChI is InChI=1S/C19H24N4O3S2/c20-28(25,26)17-3-1-16(2-4-17)22-10-8-21(9-11-22)14-19(24)23-7-5-18-15(13-23)6-12-27-18/h1-4,6,12H,5,7-11,13-14H2,(H2,20,25,26). The molecule has 2 aliphatic heterocycles. The third-order valence-electron chi connectivity index (χ3n) is 5.42. The molecule has 9 heteroatoms. The first kappa shape index (κ1) is 19.4. The highest BCUT2D eigenvalue weighted by Gasteiger charge is 2.25. The Morgan fingerprint density at radius 3 is 2.43 bits per heavy atom. The van der Waals surface area contributed by atoms with Crippen LogP contribution in [0.2, 0.25) is 0 Å². The molecule has 1 saturated heterocycles. The zero-order valence-electron chi connectivity index (χ0n) is 15.6. The van der Waals surface area contributed by atoms with Crippen LogP contribution < -0.4 is 10.0 Å². The molecule has 1 amide bonds. The number of fused-ring (bicyclic) bond motifs is 1. The Bertz CT molecular complexity index is 948. The highest BCUT2D eigenvalue weighted by molar-refractivity contribution is 7.89. The van der Waals surface area contributed by atoms with Crippen LogP contribution in [0.25, 0.3) is 0 Å². The van der Waals surface area contributed by atoms with Gasteiger partial charge in [-0.3, -0.25) is 9.69 Å². The van der Waals surface area contributed by atoms with Crippen molar-refractivity contribution in [3.8, 4) is 0 Å². The molecule has 0 saturated carbocycles. The average Bonchev–Trinajstić information content (AvgIpc) is 3.16. The van der Waals surface area contributed by atoms with Crippen molar-refractivity contribution in [1.29, 1.82) is 0 Å². The minimum atomic E-state index is -3.67. The monoisotopic (exact) mass is 420 g/mol. The van der Waals surface area contributed by atoms with Crippen LogP contribution >= 0.6 is 11.3 Å². The molecule has 0 spiro atoms. The molecule has 0 atom stereocenters. The van der Waals surface area contributed by atoms with Crippen molar-refractivity contribution >= 4 is 33.0 Å². The fraction of sp³-hybridized carbons (Fsp3) is 0.421. The number of nitrogens with zero attached hydrogens (tertiary/aromatic N) is 3. The van der Waals surface area contributed by atoms with E-state index in [2.05, 4.69) is 21.2 Å². The minimum absolute atomic E-state index is 0.121. The molecule has 150 valence electrons. The summed E-state index contributed by atoms with van der Waals surface area (Å²) in [4.78, 5) is 20.6. The van der Waals surface area contributed by atoms with E-state index in [4.69, 9.17) is 5.14 Å². The maximum atomic E-state index is 12.7. The average molecular weight is 421 g/mol. The Morgan fingerprint density at radius 2 is 1.75 bits per heavy atom. The number of primary sulfonamides is 1. The molecule has 3 heterocycles. The molecule has 0 unspecified atom stereocenters. The first-order valence-electron chi connectivity index (χ1n) is 9.33. The van der Waals surface area contributed by atoms with E-state index in [1.165, 1.54) is 22.6 Å². The Kier molecular flexibility index (Phi) is 5.42. The van der Waals surface area contributed by atoms with Crippen LogP contribution in [-0.2, 0) is 27.8 Å². The van der Waals surface area contributed by atoms with Gasteiger partial charge in [0, 0.05) is 49.8 Å². The van der Waals surface area contributed by atoms with Crippen LogP contribution in [0, 0.1) is 0 Å². The topological polar surface area (TPSA) is 87.0 Å². The first-order chi connectivity index (χ1) is 13.4. The smallest absolute Gasteiger partial charge is 0.238 e. The number of amides is 1. The van der Waals surface area contributed by atoms with Crippen molar-refractivity contribution < 1.29 is 13.2 Å². The summed E-state index contributed by atoms with van der Waals surface area (Å²) in [6.45, 7) is 5.21. The maximum absolute atomic E-state index is 12.7. The van der Waals surface area contributed by atoms with Crippen molar-refractivity contribution in [2.45, 2.75) is 17.9 Å². The molecule has 2 aromatic rings. The van der Waals surface area contributed by atoms with Gasteiger partial charge >= 0.3 is 0 Å². The number of sulfonamides is 1. The van der Waals surface area contributed by atoms with Gasteiger partial charge < -0.3 is 9.80 Å². The van der Waals surface area contributed by atoms with E-state index in [0.29, 0.717) is 6.54 Å². The molecule has 2 aliphatic rings. The van der Waals surface area contributed by atoms with Gasteiger partial charge in [0.05, 0.1) is 11.4 Å². The summed E-state index contributed by atoms with van der Waals surface area (Å²) in [7, 11) is -3.67. The number of thiophene rings is 1. The fourth-order valence-electron chi connectivity index (χ4n) is 3.76. The number of hydrogen-bond acceptors (Lipinski definition) is 6. The summed E-state index contributed by atoms with van der Waals surface area (Å²) < 4.78 is 22.7. The summed E-state index contributed by atoms with van der Waals surface area (Å²) in [5.74, 6) is 0.197. The Balaban J connectivity index is 1.29. The zero-order chi connectivity index (χ0) is 19.7. The van der Waals surface area contributed by atoms with Crippen molar-refractivity contribution in [2.24, 2.45) is 5.14 Å². The molecule has 1 aromatic carbocycles. The lowest BCUT2D eigenvalue weighted by molar-refractivity contribution is -0.133.